The van der Waals surface area contributed by atoms with E-state index in [1.54, 1.807) is 30.5 Å². The number of benzene rings is 1. The maximum Gasteiger partial charge on any atom is 0.247 e. The number of nitrogens with zero attached hydrogens (tertiary/aromatic N) is 4. The summed E-state index contributed by atoms with van der Waals surface area (Å²) < 4.78 is 5.20. The van der Waals surface area contributed by atoms with Gasteiger partial charge in [0.05, 0.1) is 12.8 Å². The Hall–Kier alpha value is -2.67. The Kier molecular flexibility index (Phi) is 4.90. The molecule has 1 amide bonds. The fourth-order valence-electron chi connectivity index (χ4n) is 2.23. The number of furan rings is 1. The normalized spacial score (nSPS) is 12.1. The third-order valence-corrected chi connectivity index (χ3v) is 3.77. The molecule has 3 aromatic rings. The number of nitrogens with one attached hydrogen (secondary N) is 1. The summed E-state index contributed by atoms with van der Waals surface area (Å²) in [6.45, 7) is 2.21. The minimum atomic E-state index is -0.534. The van der Waals surface area contributed by atoms with E-state index in [1.807, 2.05) is 19.1 Å². The van der Waals surface area contributed by atoms with E-state index in [0.717, 1.165) is 5.56 Å². The largest absolute Gasteiger partial charge is 0.467 e. The minimum absolute atomic E-state index is 0.186. The van der Waals surface area contributed by atoms with Gasteiger partial charge in [0.25, 0.3) is 0 Å². The highest BCUT2D eigenvalue weighted by atomic mass is 35.5. The molecular formula is C16H16ClN5O2. The number of tetrazole rings is 1. The Morgan fingerprint density at radius 1 is 1.33 bits per heavy atom. The number of carbonyl (C=O) groups excluding carboxylic acids is 1. The number of rotatable bonds is 6. The predicted octanol–water partition coefficient (Wildman–Crippen LogP) is 2.85. The first kappa shape index (κ1) is 16.2. The van der Waals surface area contributed by atoms with Crippen molar-refractivity contribution in [1.82, 2.24) is 25.5 Å². The molecule has 0 radical (unpaired) electrons. The Labute approximate surface area is 143 Å². The summed E-state index contributed by atoms with van der Waals surface area (Å²) >= 11 is 5.87. The van der Waals surface area contributed by atoms with E-state index in [4.69, 9.17) is 16.0 Å². The van der Waals surface area contributed by atoms with Crippen LogP contribution in [0.25, 0.3) is 11.4 Å². The second-order valence-corrected chi connectivity index (χ2v) is 5.60. The minimum Gasteiger partial charge on any atom is -0.467 e. The fourth-order valence-corrected chi connectivity index (χ4v) is 2.36. The third-order valence-electron chi connectivity index (χ3n) is 3.52. The zero-order valence-electron chi connectivity index (χ0n) is 13.0. The molecule has 0 aliphatic rings. The molecule has 0 saturated heterocycles. The van der Waals surface area contributed by atoms with Crippen LogP contribution in [0, 0.1) is 0 Å². The molecule has 7 nitrogen and oxygen atoms in total. The molecule has 0 bridgehead atoms. The van der Waals surface area contributed by atoms with Crippen LogP contribution in [-0.4, -0.2) is 26.1 Å². The average molecular weight is 346 g/mol. The molecule has 1 aromatic carbocycles. The van der Waals surface area contributed by atoms with Gasteiger partial charge in [-0.15, -0.1) is 10.2 Å². The van der Waals surface area contributed by atoms with Crippen molar-refractivity contribution in [3.63, 3.8) is 0 Å². The van der Waals surface area contributed by atoms with Gasteiger partial charge in [0.1, 0.15) is 5.76 Å². The van der Waals surface area contributed by atoms with Crippen LogP contribution in [0.3, 0.4) is 0 Å². The zero-order valence-corrected chi connectivity index (χ0v) is 13.8. The van der Waals surface area contributed by atoms with E-state index in [0.29, 0.717) is 29.6 Å². The van der Waals surface area contributed by atoms with Crippen LogP contribution in [-0.2, 0) is 11.3 Å². The van der Waals surface area contributed by atoms with E-state index >= 15 is 0 Å². The molecule has 0 aliphatic heterocycles. The van der Waals surface area contributed by atoms with Crippen LogP contribution in [0.2, 0.25) is 5.02 Å². The van der Waals surface area contributed by atoms with Gasteiger partial charge in [-0.25, -0.2) is 0 Å². The van der Waals surface area contributed by atoms with E-state index < -0.39 is 6.04 Å². The highest BCUT2D eigenvalue weighted by Gasteiger charge is 2.22. The smallest absolute Gasteiger partial charge is 0.247 e. The predicted molar refractivity (Wildman–Crippen MR) is 88.1 cm³/mol. The van der Waals surface area contributed by atoms with Crippen LogP contribution in [0.15, 0.2) is 47.1 Å². The first-order valence-corrected chi connectivity index (χ1v) is 7.90. The molecular weight excluding hydrogens is 330 g/mol. The summed E-state index contributed by atoms with van der Waals surface area (Å²) in [5.41, 5.74) is 0.788. The summed E-state index contributed by atoms with van der Waals surface area (Å²) in [4.78, 5) is 13.7. The lowest BCUT2D eigenvalue weighted by molar-refractivity contribution is -0.125. The van der Waals surface area contributed by atoms with Gasteiger partial charge in [-0.3, -0.25) is 4.79 Å². The summed E-state index contributed by atoms with van der Waals surface area (Å²) in [5.74, 6) is 0.949. The van der Waals surface area contributed by atoms with Crippen LogP contribution < -0.4 is 5.32 Å². The molecule has 124 valence electrons. The number of halogens is 1. The Morgan fingerprint density at radius 3 is 2.79 bits per heavy atom. The van der Waals surface area contributed by atoms with E-state index in [9.17, 15) is 4.79 Å². The number of hydrogen-bond donors (Lipinski definition) is 1. The maximum absolute atomic E-state index is 12.4. The van der Waals surface area contributed by atoms with Gasteiger partial charge >= 0.3 is 0 Å². The van der Waals surface area contributed by atoms with Crippen LogP contribution in [0.5, 0.6) is 0 Å². The highest BCUT2D eigenvalue weighted by molar-refractivity contribution is 6.30. The van der Waals surface area contributed by atoms with Gasteiger partial charge in [0, 0.05) is 10.6 Å². The number of hydrogen-bond acceptors (Lipinski definition) is 5. The van der Waals surface area contributed by atoms with E-state index in [-0.39, 0.29) is 5.91 Å². The second-order valence-electron chi connectivity index (χ2n) is 5.16. The summed E-state index contributed by atoms with van der Waals surface area (Å²) in [5, 5.41) is 15.8. The standard InChI is InChI=1S/C16H16ClN5O2/c1-2-14(16(23)18-10-13-4-3-9-24-13)22-20-15(19-21-22)11-5-7-12(17)8-6-11/h3-9,14H,2,10H2,1H3,(H,18,23)/t14-/m1/s1. The molecule has 0 fully saturated rings. The topological polar surface area (TPSA) is 85.8 Å². The number of aromatic nitrogens is 4. The quantitative estimate of drug-likeness (QED) is 0.742. The van der Waals surface area contributed by atoms with Crippen LogP contribution in [0.4, 0.5) is 0 Å². The van der Waals surface area contributed by atoms with Gasteiger partial charge in [-0.1, -0.05) is 18.5 Å². The summed E-state index contributed by atoms with van der Waals surface area (Å²) in [6, 6.07) is 10.2. The summed E-state index contributed by atoms with van der Waals surface area (Å²) in [7, 11) is 0. The van der Waals surface area contributed by atoms with Gasteiger partial charge in [0.2, 0.25) is 11.7 Å². The van der Waals surface area contributed by atoms with Crippen LogP contribution >= 0.6 is 11.6 Å². The summed E-state index contributed by atoms with van der Waals surface area (Å²) in [6.07, 6.45) is 2.11. The Bertz CT molecular complexity index is 798. The molecule has 0 unspecified atom stereocenters. The van der Waals surface area contributed by atoms with Crippen molar-refractivity contribution >= 4 is 17.5 Å². The molecule has 2 heterocycles. The van der Waals surface area contributed by atoms with Gasteiger partial charge < -0.3 is 9.73 Å². The third kappa shape index (κ3) is 3.62. The van der Waals surface area contributed by atoms with Crippen molar-refractivity contribution in [2.24, 2.45) is 0 Å². The van der Waals surface area contributed by atoms with Gasteiger partial charge in [0.15, 0.2) is 6.04 Å². The molecule has 0 aliphatic carbocycles. The Balaban J connectivity index is 1.71. The van der Waals surface area contributed by atoms with Crippen LogP contribution in [0.1, 0.15) is 25.1 Å². The first-order valence-electron chi connectivity index (χ1n) is 7.53. The number of amides is 1. The van der Waals surface area contributed by atoms with Crippen molar-refractivity contribution in [2.75, 3.05) is 0 Å². The van der Waals surface area contributed by atoms with E-state index in [1.165, 1.54) is 4.80 Å². The van der Waals surface area contributed by atoms with Crippen molar-refractivity contribution in [2.45, 2.75) is 25.9 Å². The molecule has 0 spiro atoms. The SMILES string of the molecule is CC[C@H](C(=O)NCc1ccco1)n1nnc(-c2ccc(Cl)cc2)n1. The van der Waals surface area contributed by atoms with Gasteiger partial charge in [-0.2, -0.15) is 4.80 Å². The highest BCUT2D eigenvalue weighted by Crippen LogP contribution is 2.18. The molecule has 8 heteroatoms. The molecule has 2 aromatic heterocycles. The average Bonchev–Trinajstić information content (AvgIpc) is 3.26. The molecule has 0 saturated carbocycles. The second kappa shape index (κ2) is 7.27. The maximum atomic E-state index is 12.4. The lowest BCUT2D eigenvalue weighted by atomic mass is 10.2. The van der Waals surface area contributed by atoms with Gasteiger partial charge in [-0.05, 0) is 48.0 Å². The lowest BCUT2D eigenvalue weighted by Crippen LogP contribution is -2.33. The molecule has 1 N–H and O–H groups in total. The van der Waals surface area contributed by atoms with Crippen molar-refractivity contribution in [1.29, 1.82) is 0 Å². The van der Waals surface area contributed by atoms with E-state index in [2.05, 4.69) is 20.7 Å². The molecule has 1 atom stereocenters. The lowest BCUT2D eigenvalue weighted by Gasteiger charge is -2.12. The monoisotopic (exact) mass is 345 g/mol. The van der Waals surface area contributed by atoms with Crippen molar-refractivity contribution in [3.05, 3.63) is 53.4 Å². The van der Waals surface area contributed by atoms with Crippen molar-refractivity contribution < 1.29 is 9.21 Å². The number of carbonyl (C=O) groups is 1. The zero-order chi connectivity index (χ0) is 16.9. The van der Waals surface area contributed by atoms with Crippen molar-refractivity contribution in [3.8, 4) is 11.4 Å². The molecule has 3 rings (SSSR count). The fraction of sp³-hybridized carbons (Fsp3) is 0.250. The first-order chi connectivity index (χ1) is 11.7. The molecule has 24 heavy (non-hydrogen) atoms. The Morgan fingerprint density at radius 2 is 2.12 bits per heavy atom.